The maximum Gasteiger partial charge on any atom is 0.322 e. The maximum absolute atomic E-state index is 13.0. The number of benzene rings is 1. The monoisotopic (exact) mass is 430 g/mol. The van der Waals surface area contributed by atoms with Crippen LogP contribution in [-0.4, -0.2) is 86.2 Å². The molecule has 2 fully saturated rings. The molecule has 0 aromatic heterocycles. The zero-order valence-electron chi connectivity index (χ0n) is 19.5. The van der Waals surface area contributed by atoms with E-state index in [0.717, 1.165) is 69.7 Å². The van der Waals surface area contributed by atoms with Crippen LogP contribution in [-0.2, 0) is 4.74 Å². The highest BCUT2D eigenvalue weighted by molar-refractivity contribution is 5.96. The predicted octanol–water partition coefficient (Wildman–Crippen LogP) is 3.44. The summed E-state index contributed by atoms with van der Waals surface area (Å²) in [4.78, 5) is 31.9. The number of anilines is 1. The van der Waals surface area contributed by atoms with Gasteiger partial charge in [-0.3, -0.25) is 4.79 Å². The average molecular weight is 431 g/mol. The number of urea groups is 1. The summed E-state index contributed by atoms with van der Waals surface area (Å²) in [6.45, 7) is 9.01. The van der Waals surface area contributed by atoms with E-state index >= 15 is 0 Å². The van der Waals surface area contributed by atoms with Gasteiger partial charge in [0.2, 0.25) is 0 Å². The lowest BCUT2D eigenvalue weighted by Crippen LogP contribution is -2.44. The van der Waals surface area contributed by atoms with Crippen molar-refractivity contribution in [2.24, 2.45) is 5.92 Å². The molecule has 1 aromatic rings. The molecule has 0 bridgehead atoms. The number of aryl methyl sites for hydroxylation is 1. The van der Waals surface area contributed by atoms with E-state index in [0.29, 0.717) is 18.1 Å². The van der Waals surface area contributed by atoms with E-state index in [4.69, 9.17) is 4.74 Å². The van der Waals surface area contributed by atoms with Crippen molar-refractivity contribution in [1.82, 2.24) is 14.7 Å². The normalized spacial score (nSPS) is 19.8. The Bertz CT molecular complexity index is 761. The number of amides is 3. The first-order valence-corrected chi connectivity index (χ1v) is 11.5. The van der Waals surface area contributed by atoms with Gasteiger partial charge in [-0.25, -0.2) is 4.79 Å². The summed E-state index contributed by atoms with van der Waals surface area (Å²) in [7, 11) is 3.77. The van der Waals surface area contributed by atoms with Crippen molar-refractivity contribution < 1.29 is 14.3 Å². The highest BCUT2D eigenvalue weighted by Gasteiger charge is 2.30. The number of piperidine rings is 1. The molecule has 0 radical (unpaired) electrons. The first-order chi connectivity index (χ1) is 14.9. The molecule has 2 saturated heterocycles. The third-order valence-corrected chi connectivity index (χ3v) is 6.62. The van der Waals surface area contributed by atoms with E-state index in [2.05, 4.69) is 24.2 Å². The van der Waals surface area contributed by atoms with Gasteiger partial charge < -0.3 is 24.8 Å². The van der Waals surface area contributed by atoms with E-state index < -0.39 is 0 Å². The predicted molar refractivity (Wildman–Crippen MR) is 124 cm³/mol. The van der Waals surface area contributed by atoms with Gasteiger partial charge in [0.1, 0.15) is 0 Å². The number of carbonyl (C=O) groups is 2. The average Bonchev–Trinajstić information content (AvgIpc) is 3.21. The number of ether oxygens (including phenoxy) is 1. The van der Waals surface area contributed by atoms with E-state index in [9.17, 15) is 9.59 Å². The molecule has 172 valence electrons. The van der Waals surface area contributed by atoms with Crippen molar-refractivity contribution in [2.75, 3.05) is 58.8 Å². The minimum atomic E-state index is -0.0603. The number of likely N-dealkylation sites (N-methyl/N-ethyl adjacent to an activating group) is 1. The van der Waals surface area contributed by atoms with E-state index in [1.807, 2.05) is 34.9 Å². The summed E-state index contributed by atoms with van der Waals surface area (Å²) in [6, 6.07) is 5.75. The number of hydrogen-bond acceptors (Lipinski definition) is 4. The van der Waals surface area contributed by atoms with E-state index in [1.165, 1.54) is 0 Å². The van der Waals surface area contributed by atoms with Crippen molar-refractivity contribution >= 4 is 17.6 Å². The molecule has 0 aliphatic carbocycles. The number of likely N-dealkylation sites (tertiary alicyclic amines) is 2. The van der Waals surface area contributed by atoms with Crippen molar-refractivity contribution in [1.29, 1.82) is 0 Å². The van der Waals surface area contributed by atoms with Crippen LogP contribution >= 0.6 is 0 Å². The molecule has 2 aliphatic rings. The van der Waals surface area contributed by atoms with Crippen molar-refractivity contribution in [3.63, 3.8) is 0 Å². The molecule has 3 amide bonds. The first kappa shape index (κ1) is 23.5. The Morgan fingerprint density at radius 3 is 2.61 bits per heavy atom. The highest BCUT2D eigenvalue weighted by Crippen LogP contribution is 2.23. The van der Waals surface area contributed by atoms with Crippen LogP contribution in [0.2, 0.25) is 0 Å². The fourth-order valence-electron chi connectivity index (χ4n) is 4.51. The van der Waals surface area contributed by atoms with Gasteiger partial charge in [-0.2, -0.15) is 0 Å². The topological polar surface area (TPSA) is 65.1 Å². The van der Waals surface area contributed by atoms with Gasteiger partial charge in [0.05, 0.1) is 6.61 Å². The standard InChI is InChI=1S/C24H38N4O3/c1-18-9-12-27(13-10-18)23(29)20-7-8-22(19(2)16-20)25-24(30)28-11-5-6-21(28)17-26(3)14-15-31-4/h7-8,16,18,21H,5-6,9-15,17H2,1-4H3,(H,25,30). The molecule has 1 unspecified atom stereocenters. The van der Waals surface area contributed by atoms with E-state index in [1.54, 1.807) is 7.11 Å². The lowest BCUT2D eigenvalue weighted by atomic mass is 9.98. The van der Waals surface area contributed by atoms with Crippen LogP contribution in [0.4, 0.5) is 10.5 Å². The molecule has 2 aliphatic heterocycles. The number of methoxy groups -OCH3 is 1. The number of nitrogens with one attached hydrogen (secondary N) is 1. The molecular weight excluding hydrogens is 392 g/mol. The molecule has 0 spiro atoms. The van der Waals surface area contributed by atoms with Crippen LogP contribution in [0.15, 0.2) is 18.2 Å². The Morgan fingerprint density at radius 1 is 1.19 bits per heavy atom. The Kier molecular flexibility index (Phi) is 8.32. The van der Waals surface area contributed by atoms with Gasteiger partial charge in [-0.15, -0.1) is 0 Å². The van der Waals surface area contributed by atoms with Gasteiger partial charge in [0.15, 0.2) is 0 Å². The van der Waals surface area contributed by atoms with E-state index in [-0.39, 0.29) is 18.0 Å². The zero-order valence-corrected chi connectivity index (χ0v) is 19.5. The molecule has 7 heteroatoms. The fraction of sp³-hybridized carbons (Fsp3) is 0.667. The smallest absolute Gasteiger partial charge is 0.322 e. The molecular formula is C24H38N4O3. The molecule has 31 heavy (non-hydrogen) atoms. The summed E-state index contributed by atoms with van der Waals surface area (Å²) < 4.78 is 5.15. The Morgan fingerprint density at radius 2 is 1.94 bits per heavy atom. The van der Waals surface area contributed by atoms with Gasteiger partial charge in [-0.05, 0) is 69.3 Å². The van der Waals surface area contributed by atoms with Crippen molar-refractivity contribution in [3.05, 3.63) is 29.3 Å². The molecule has 1 aromatic carbocycles. The lowest BCUT2D eigenvalue weighted by Gasteiger charge is -2.30. The number of nitrogens with zero attached hydrogens (tertiary/aromatic N) is 3. The molecule has 0 saturated carbocycles. The summed E-state index contributed by atoms with van der Waals surface area (Å²) in [5, 5.41) is 3.07. The Balaban J connectivity index is 1.59. The van der Waals surface area contributed by atoms with Crippen molar-refractivity contribution in [3.8, 4) is 0 Å². The molecule has 3 rings (SSSR count). The third-order valence-electron chi connectivity index (χ3n) is 6.62. The summed E-state index contributed by atoms with van der Waals surface area (Å²) in [6.07, 6.45) is 4.18. The van der Waals surface area contributed by atoms with Crippen LogP contribution in [0.3, 0.4) is 0 Å². The number of carbonyl (C=O) groups excluding carboxylic acids is 2. The first-order valence-electron chi connectivity index (χ1n) is 11.5. The number of rotatable bonds is 7. The van der Waals surface area contributed by atoms with Crippen LogP contribution in [0.5, 0.6) is 0 Å². The number of hydrogen-bond donors (Lipinski definition) is 1. The van der Waals surface area contributed by atoms with Crippen LogP contribution in [0.25, 0.3) is 0 Å². The quantitative estimate of drug-likeness (QED) is 0.720. The minimum Gasteiger partial charge on any atom is -0.383 e. The fourth-order valence-corrected chi connectivity index (χ4v) is 4.51. The SMILES string of the molecule is COCCN(C)CC1CCCN1C(=O)Nc1ccc(C(=O)N2CCC(C)CC2)cc1C. The molecule has 7 nitrogen and oxygen atoms in total. The second-order valence-corrected chi connectivity index (χ2v) is 9.18. The van der Waals surface area contributed by atoms with Gasteiger partial charge in [0, 0.05) is 57.1 Å². The Labute approximate surface area is 186 Å². The summed E-state index contributed by atoms with van der Waals surface area (Å²) >= 11 is 0. The van der Waals surface area contributed by atoms with Gasteiger partial charge in [0.25, 0.3) is 5.91 Å². The molecule has 2 heterocycles. The van der Waals surface area contributed by atoms with Gasteiger partial charge in [-0.1, -0.05) is 6.92 Å². The summed E-state index contributed by atoms with van der Waals surface area (Å²) in [5.74, 6) is 0.782. The van der Waals surface area contributed by atoms with Crippen LogP contribution in [0.1, 0.15) is 48.5 Å². The molecule has 1 atom stereocenters. The van der Waals surface area contributed by atoms with Crippen LogP contribution in [0, 0.1) is 12.8 Å². The maximum atomic E-state index is 13.0. The lowest BCUT2D eigenvalue weighted by molar-refractivity contribution is 0.0697. The third kappa shape index (κ3) is 6.20. The van der Waals surface area contributed by atoms with Crippen LogP contribution < -0.4 is 5.32 Å². The molecule has 1 N–H and O–H groups in total. The minimum absolute atomic E-state index is 0.0603. The largest absolute Gasteiger partial charge is 0.383 e. The summed E-state index contributed by atoms with van der Waals surface area (Å²) in [5.41, 5.74) is 2.38. The Hall–Kier alpha value is -2.12. The second kappa shape index (κ2) is 11.0. The second-order valence-electron chi connectivity index (χ2n) is 9.18. The highest BCUT2D eigenvalue weighted by atomic mass is 16.5. The zero-order chi connectivity index (χ0) is 22.4. The van der Waals surface area contributed by atoms with Crippen molar-refractivity contribution in [2.45, 2.75) is 45.6 Å². The van der Waals surface area contributed by atoms with Gasteiger partial charge >= 0.3 is 6.03 Å².